The largest absolute Gasteiger partial charge is 0.345 e. The van der Waals surface area contributed by atoms with Crippen molar-refractivity contribution >= 4 is 34.4 Å². The van der Waals surface area contributed by atoms with Gasteiger partial charge in [0.25, 0.3) is 0 Å². The average Bonchev–Trinajstić information content (AvgIpc) is 2.63. The number of aromatic amines is 1. The summed E-state index contributed by atoms with van der Waals surface area (Å²) in [6.45, 7) is 0. The second-order valence-corrected chi connectivity index (χ2v) is 3.87. The Balaban J connectivity index is 2.70. The lowest BCUT2D eigenvalue weighted by Crippen LogP contribution is -1.83. The fourth-order valence-electron chi connectivity index (χ4n) is 1.31. The average molecular weight is 213 g/mol. The Labute approximate surface area is 85.7 Å². The van der Waals surface area contributed by atoms with Gasteiger partial charge in [0.2, 0.25) is 0 Å². The highest BCUT2D eigenvalue weighted by molar-refractivity contribution is 7.98. The third-order valence-electron chi connectivity index (χ3n) is 1.96. The molecule has 1 heterocycles. The van der Waals surface area contributed by atoms with Gasteiger partial charge in [-0.15, -0.1) is 23.4 Å². The minimum absolute atomic E-state index is 0.510. The molecule has 0 bridgehead atoms. The molecule has 2 aromatic rings. The van der Waals surface area contributed by atoms with Gasteiger partial charge in [-0.1, -0.05) is 0 Å². The number of aromatic nitrogens is 2. The zero-order chi connectivity index (χ0) is 9.26. The van der Waals surface area contributed by atoms with Crippen molar-refractivity contribution in [2.24, 2.45) is 0 Å². The van der Waals surface area contributed by atoms with Crippen LogP contribution in [0.2, 0.25) is 0 Å². The summed E-state index contributed by atoms with van der Waals surface area (Å²) in [7, 11) is 0. The number of imidazole rings is 1. The predicted octanol–water partition coefficient (Wildman–Crippen LogP) is 3.02. The number of alkyl halides is 1. The lowest BCUT2D eigenvalue weighted by Gasteiger charge is -2.00. The fourth-order valence-corrected chi connectivity index (χ4v) is 2.01. The molecule has 2 rings (SSSR count). The topological polar surface area (TPSA) is 28.7 Å². The molecule has 0 saturated carbocycles. The molecule has 1 N–H and O–H groups in total. The normalized spacial score (nSPS) is 10.9. The highest BCUT2D eigenvalue weighted by Gasteiger charge is 2.04. The lowest BCUT2D eigenvalue weighted by atomic mass is 10.2. The van der Waals surface area contributed by atoms with E-state index in [1.54, 1.807) is 18.1 Å². The van der Waals surface area contributed by atoms with E-state index >= 15 is 0 Å². The van der Waals surface area contributed by atoms with Crippen molar-refractivity contribution in [2.45, 2.75) is 10.8 Å². The van der Waals surface area contributed by atoms with Crippen LogP contribution >= 0.6 is 23.4 Å². The van der Waals surface area contributed by atoms with E-state index in [4.69, 9.17) is 11.6 Å². The molecule has 0 fully saturated rings. The van der Waals surface area contributed by atoms with Gasteiger partial charge in [-0.3, -0.25) is 0 Å². The van der Waals surface area contributed by atoms with Crippen LogP contribution in [0.1, 0.15) is 5.56 Å². The van der Waals surface area contributed by atoms with Crippen LogP contribution in [0.25, 0.3) is 11.0 Å². The van der Waals surface area contributed by atoms with E-state index in [1.165, 1.54) is 4.90 Å². The molecule has 0 atom stereocenters. The Morgan fingerprint density at radius 1 is 1.54 bits per heavy atom. The summed E-state index contributed by atoms with van der Waals surface area (Å²) in [5.74, 6) is 0.510. The smallest absolute Gasteiger partial charge is 0.0932 e. The van der Waals surface area contributed by atoms with Crippen molar-refractivity contribution in [3.8, 4) is 0 Å². The number of hydrogen-bond donors (Lipinski definition) is 1. The van der Waals surface area contributed by atoms with Crippen molar-refractivity contribution < 1.29 is 0 Å². The first-order valence-corrected chi connectivity index (χ1v) is 5.67. The van der Waals surface area contributed by atoms with Crippen molar-refractivity contribution in [3.05, 3.63) is 24.0 Å². The number of H-pyrrole nitrogens is 1. The molecule has 0 aliphatic rings. The molecule has 0 aliphatic heterocycles. The van der Waals surface area contributed by atoms with Crippen LogP contribution in [0.5, 0.6) is 0 Å². The van der Waals surface area contributed by atoms with E-state index in [0.717, 1.165) is 16.6 Å². The second kappa shape index (κ2) is 3.60. The first-order valence-electron chi connectivity index (χ1n) is 3.91. The number of halogens is 1. The Morgan fingerprint density at radius 2 is 2.38 bits per heavy atom. The minimum atomic E-state index is 0.510. The third-order valence-corrected chi connectivity index (χ3v) is 2.95. The first kappa shape index (κ1) is 8.91. The number of hydrogen-bond acceptors (Lipinski definition) is 2. The van der Waals surface area contributed by atoms with Gasteiger partial charge in [-0.05, 0) is 24.0 Å². The Bertz CT molecular complexity index is 424. The summed E-state index contributed by atoms with van der Waals surface area (Å²) in [4.78, 5) is 8.52. The van der Waals surface area contributed by atoms with Crippen LogP contribution in [-0.2, 0) is 5.88 Å². The van der Waals surface area contributed by atoms with Gasteiger partial charge in [0, 0.05) is 10.8 Å². The Kier molecular flexibility index (Phi) is 2.47. The number of nitrogens with one attached hydrogen (secondary N) is 1. The van der Waals surface area contributed by atoms with E-state index in [0.29, 0.717) is 5.88 Å². The number of nitrogens with zero attached hydrogens (tertiary/aromatic N) is 1. The molecule has 4 heteroatoms. The van der Waals surface area contributed by atoms with Crippen LogP contribution in [0.3, 0.4) is 0 Å². The summed E-state index contributed by atoms with van der Waals surface area (Å²) >= 11 is 7.54. The monoisotopic (exact) mass is 212 g/mol. The Morgan fingerprint density at radius 3 is 3.08 bits per heavy atom. The van der Waals surface area contributed by atoms with E-state index in [-0.39, 0.29) is 0 Å². The molecule has 0 aliphatic carbocycles. The molecule has 68 valence electrons. The molecule has 0 spiro atoms. The molecule has 0 saturated heterocycles. The van der Waals surface area contributed by atoms with Gasteiger partial charge in [0.15, 0.2) is 0 Å². The summed E-state index contributed by atoms with van der Waals surface area (Å²) in [5, 5.41) is 0. The van der Waals surface area contributed by atoms with Gasteiger partial charge in [0.1, 0.15) is 0 Å². The van der Waals surface area contributed by atoms with Crippen LogP contribution in [0.4, 0.5) is 0 Å². The zero-order valence-electron chi connectivity index (χ0n) is 7.17. The van der Waals surface area contributed by atoms with Crippen LogP contribution in [-0.4, -0.2) is 16.2 Å². The van der Waals surface area contributed by atoms with Crippen LogP contribution < -0.4 is 0 Å². The second-order valence-electron chi connectivity index (χ2n) is 2.72. The van der Waals surface area contributed by atoms with Gasteiger partial charge >= 0.3 is 0 Å². The maximum absolute atomic E-state index is 5.83. The molecule has 13 heavy (non-hydrogen) atoms. The minimum Gasteiger partial charge on any atom is -0.345 e. The highest BCUT2D eigenvalue weighted by atomic mass is 35.5. The molecule has 0 unspecified atom stereocenters. The van der Waals surface area contributed by atoms with Crippen molar-refractivity contribution in [1.29, 1.82) is 0 Å². The van der Waals surface area contributed by atoms with E-state index in [9.17, 15) is 0 Å². The quantitative estimate of drug-likeness (QED) is 0.613. The van der Waals surface area contributed by atoms with E-state index in [2.05, 4.69) is 28.4 Å². The van der Waals surface area contributed by atoms with E-state index in [1.807, 2.05) is 0 Å². The van der Waals surface area contributed by atoms with Gasteiger partial charge in [-0.25, -0.2) is 4.98 Å². The molecule has 2 nitrogen and oxygen atoms in total. The summed E-state index contributed by atoms with van der Waals surface area (Å²) < 4.78 is 0. The van der Waals surface area contributed by atoms with Gasteiger partial charge < -0.3 is 4.98 Å². The fraction of sp³-hybridized carbons (Fsp3) is 0.222. The molecular formula is C9H9ClN2S. The third kappa shape index (κ3) is 1.54. The van der Waals surface area contributed by atoms with Crippen molar-refractivity contribution in [1.82, 2.24) is 9.97 Å². The van der Waals surface area contributed by atoms with Crippen molar-refractivity contribution in [3.63, 3.8) is 0 Å². The standard InChI is InChI=1S/C9H9ClN2S/c1-13-7-2-6(4-10)9-8(3-7)11-5-12-9/h2-3,5H,4H2,1H3,(H,11,12). The number of fused-ring (bicyclic) bond motifs is 1. The SMILES string of the molecule is CSc1cc(CCl)c2nc[nH]c2c1. The van der Waals surface area contributed by atoms with Gasteiger partial charge in [-0.2, -0.15) is 0 Å². The summed E-state index contributed by atoms with van der Waals surface area (Å²) in [5.41, 5.74) is 3.13. The molecule has 0 radical (unpaired) electrons. The van der Waals surface area contributed by atoms with Crippen LogP contribution in [0, 0.1) is 0 Å². The van der Waals surface area contributed by atoms with Crippen molar-refractivity contribution in [2.75, 3.05) is 6.26 Å². The number of thioether (sulfide) groups is 1. The zero-order valence-corrected chi connectivity index (χ0v) is 8.75. The predicted molar refractivity (Wildman–Crippen MR) is 57.4 cm³/mol. The van der Waals surface area contributed by atoms with Gasteiger partial charge in [0.05, 0.1) is 17.4 Å². The summed E-state index contributed by atoms with van der Waals surface area (Å²) in [6, 6.07) is 4.17. The molecular weight excluding hydrogens is 204 g/mol. The maximum Gasteiger partial charge on any atom is 0.0932 e. The number of benzene rings is 1. The highest BCUT2D eigenvalue weighted by Crippen LogP contribution is 2.24. The van der Waals surface area contributed by atoms with Crippen LogP contribution in [0.15, 0.2) is 23.4 Å². The summed E-state index contributed by atoms with van der Waals surface area (Å²) in [6.07, 6.45) is 3.75. The van der Waals surface area contributed by atoms with E-state index < -0.39 is 0 Å². The number of rotatable bonds is 2. The lowest BCUT2D eigenvalue weighted by molar-refractivity contribution is 1.32. The molecule has 1 aromatic carbocycles. The molecule has 1 aromatic heterocycles. The maximum atomic E-state index is 5.83. The first-order chi connectivity index (χ1) is 6.35. The Hall–Kier alpha value is -0.670. The molecule has 0 amide bonds.